The van der Waals surface area contributed by atoms with Gasteiger partial charge in [-0.2, -0.15) is 0 Å². The van der Waals surface area contributed by atoms with E-state index in [4.69, 9.17) is 0 Å². The number of aliphatic hydroxyl groups is 1. The van der Waals surface area contributed by atoms with Crippen LogP contribution in [-0.4, -0.2) is 17.0 Å². The van der Waals surface area contributed by atoms with Crippen molar-refractivity contribution in [3.63, 3.8) is 0 Å². The fraction of sp³-hybridized carbons (Fsp3) is 0.0714. The molecule has 1 heterocycles. The minimum atomic E-state index is -0.962. The summed E-state index contributed by atoms with van der Waals surface area (Å²) >= 11 is 1.86. The first-order valence-electron chi connectivity index (χ1n) is 15.5. The lowest BCUT2D eigenvalue weighted by Crippen LogP contribution is -2.40. The van der Waals surface area contributed by atoms with Crippen molar-refractivity contribution in [2.45, 2.75) is 6.10 Å². The van der Waals surface area contributed by atoms with E-state index in [9.17, 15) is 9.90 Å². The van der Waals surface area contributed by atoms with Gasteiger partial charge in [0.2, 0.25) is 0 Å². The Labute approximate surface area is 263 Å². The predicted octanol–water partition coefficient (Wildman–Crippen LogP) is 10.4. The van der Waals surface area contributed by atoms with Crippen molar-refractivity contribution in [1.29, 1.82) is 0 Å². The molecule has 0 saturated heterocycles. The summed E-state index contributed by atoms with van der Waals surface area (Å²) < 4.78 is 2.62. The Kier molecular flexibility index (Phi) is 5.17. The van der Waals surface area contributed by atoms with Gasteiger partial charge in [0.05, 0.1) is 5.92 Å². The third-order valence-corrected chi connectivity index (χ3v) is 11.3. The number of thiophene rings is 1. The maximum Gasteiger partial charge on any atom is 0.173 e. The van der Waals surface area contributed by atoms with Gasteiger partial charge < -0.3 is 5.11 Å². The highest BCUT2D eigenvalue weighted by atomic mass is 32.1. The minimum Gasteiger partial charge on any atom is -0.384 e. The third kappa shape index (κ3) is 3.45. The van der Waals surface area contributed by atoms with Crippen LogP contribution >= 0.6 is 11.3 Å². The second-order valence-corrected chi connectivity index (χ2v) is 13.4. The molecular formula is C42H26O2S. The summed E-state index contributed by atoms with van der Waals surface area (Å²) in [5.41, 5.74) is 6.87. The highest BCUT2D eigenvalue weighted by Gasteiger charge is 2.40. The van der Waals surface area contributed by atoms with Gasteiger partial charge in [-0.25, -0.2) is 0 Å². The van der Waals surface area contributed by atoms with Crippen LogP contribution in [0.4, 0.5) is 0 Å². The Hall–Kier alpha value is -5.09. The Morgan fingerprint density at radius 3 is 2.18 bits per heavy atom. The molecule has 0 aliphatic heterocycles. The molecular weight excluding hydrogens is 569 g/mol. The first-order valence-corrected chi connectivity index (χ1v) is 16.3. The predicted molar refractivity (Wildman–Crippen MR) is 189 cm³/mol. The molecule has 45 heavy (non-hydrogen) atoms. The Morgan fingerprint density at radius 1 is 0.578 bits per heavy atom. The Morgan fingerprint density at radius 2 is 1.31 bits per heavy atom. The smallest absolute Gasteiger partial charge is 0.173 e. The lowest BCUT2D eigenvalue weighted by atomic mass is 9.70. The fourth-order valence-electron chi connectivity index (χ4n) is 7.97. The van der Waals surface area contributed by atoms with Crippen LogP contribution in [0.15, 0.2) is 133 Å². The topological polar surface area (TPSA) is 37.3 Å². The van der Waals surface area contributed by atoms with E-state index < -0.39 is 12.0 Å². The van der Waals surface area contributed by atoms with Gasteiger partial charge in [0.1, 0.15) is 6.10 Å². The molecule has 2 bridgehead atoms. The maximum absolute atomic E-state index is 13.2. The van der Waals surface area contributed by atoms with Crippen LogP contribution in [0.2, 0.25) is 0 Å². The van der Waals surface area contributed by atoms with Gasteiger partial charge in [0, 0.05) is 31.7 Å². The first kappa shape index (κ1) is 25.3. The number of hydrogen-bond acceptors (Lipinski definition) is 3. The summed E-state index contributed by atoms with van der Waals surface area (Å²) in [6.45, 7) is 0. The fourth-order valence-corrected chi connectivity index (χ4v) is 9.20. The lowest BCUT2D eigenvalue weighted by molar-refractivity contribution is -0.130. The van der Waals surface area contributed by atoms with Gasteiger partial charge in [-0.3, -0.25) is 4.79 Å². The number of Topliss-reactive ketones (excluding diaryl/α,β-unsaturated/α-hetero) is 1. The second-order valence-electron chi connectivity index (χ2n) is 12.4. The molecule has 1 aromatic heterocycles. The molecule has 3 atom stereocenters. The molecule has 0 fully saturated rings. The van der Waals surface area contributed by atoms with Gasteiger partial charge in [-0.15, -0.1) is 11.3 Å². The largest absolute Gasteiger partial charge is 0.384 e. The van der Waals surface area contributed by atoms with E-state index in [-0.39, 0.29) is 11.7 Å². The van der Waals surface area contributed by atoms with Gasteiger partial charge >= 0.3 is 0 Å². The lowest BCUT2D eigenvalue weighted by Gasteiger charge is -2.34. The van der Waals surface area contributed by atoms with Crippen LogP contribution in [0.5, 0.6) is 0 Å². The van der Waals surface area contributed by atoms with E-state index in [2.05, 4.69) is 121 Å². The number of carbonyl (C=O) groups excluding carboxylic acids is 1. The van der Waals surface area contributed by atoms with E-state index in [0.717, 1.165) is 27.6 Å². The van der Waals surface area contributed by atoms with E-state index in [1.807, 2.05) is 23.5 Å². The number of allylic oxidation sites excluding steroid dienone is 2. The van der Waals surface area contributed by atoms with Crippen LogP contribution in [-0.2, 0) is 4.79 Å². The number of ketones is 1. The van der Waals surface area contributed by atoms with Crippen LogP contribution in [0.1, 0.15) is 5.56 Å². The van der Waals surface area contributed by atoms with Crippen LogP contribution in [0, 0.1) is 11.8 Å². The molecule has 3 heteroatoms. The zero-order chi connectivity index (χ0) is 29.8. The highest BCUT2D eigenvalue weighted by Crippen LogP contribution is 2.49. The third-order valence-electron chi connectivity index (χ3n) is 10.1. The summed E-state index contributed by atoms with van der Waals surface area (Å²) in [6.07, 6.45) is 5.12. The van der Waals surface area contributed by atoms with Crippen molar-refractivity contribution < 1.29 is 9.90 Å². The number of benzene rings is 7. The second kappa shape index (κ2) is 9.21. The average molecular weight is 595 g/mol. The Balaban J connectivity index is 1.32. The number of rotatable bonds is 3. The summed E-state index contributed by atoms with van der Waals surface area (Å²) in [4.78, 5) is 13.2. The minimum absolute atomic E-state index is 0.106. The standard InChI is InChI=1S/C42H26O2S/c43-40-25-15-18-31(41(40)44)35(21-25)36-22-34(23-7-2-1-3-8-23)29-20-19-28-26(16-13-24-14-17-30(36)39(29)38(24)28)32-10-6-11-33-27-9-4-5-12-37(27)45-42(32)33/h1-22,25,31,40,43H. The van der Waals surface area contributed by atoms with Crippen molar-refractivity contribution in [3.05, 3.63) is 139 Å². The molecule has 3 unspecified atom stereocenters. The van der Waals surface area contributed by atoms with Gasteiger partial charge in [0.15, 0.2) is 5.78 Å². The van der Waals surface area contributed by atoms with Crippen molar-refractivity contribution >= 4 is 75.2 Å². The molecule has 7 aromatic carbocycles. The van der Waals surface area contributed by atoms with Gasteiger partial charge in [-0.1, -0.05) is 121 Å². The SMILES string of the molecule is O=C1C2C=CC(C=C2c2cc(-c3ccccc3)c3ccc4c(-c5cccc6c5sc5ccccc56)ccc5ccc2c3c54)C1O. The molecule has 212 valence electrons. The number of hydrogen-bond donors (Lipinski definition) is 1. The number of carbonyl (C=O) groups is 1. The zero-order valence-corrected chi connectivity index (χ0v) is 25.0. The quantitative estimate of drug-likeness (QED) is 0.163. The van der Waals surface area contributed by atoms with E-state index in [1.165, 1.54) is 58.2 Å². The van der Waals surface area contributed by atoms with Crippen LogP contribution in [0.25, 0.3) is 80.3 Å². The molecule has 3 aliphatic carbocycles. The molecule has 0 spiro atoms. The molecule has 1 N–H and O–H groups in total. The van der Waals surface area contributed by atoms with E-state index in [0.29, 0.717) is 0 Å². The highest BCUT2D eigenvalue weighted by molar-refractivity contribution is 7.26. The molecule has 8 aromatic rings. The maximum atomic E-state index is 13.2. The molecule has 0 amide bonds. The molecule has 0 saturated carbocycles. The first-order chi connectivity index (χ1) is 22.2. The summed E-state index contributed by atoms with van der Waals surface area (Å²) in [7, 11) is 0. The molecule has 2 nitrogen and oxygen atoms in total. The van der Waals surface area contributed by atoms with E-state index in [1.54, 1.807) is 0 Å². The molecule has 0 radical (unpaired) electrons. The van der Waals surface area contributed by atoms with Crippen LogP contribution in [0.3, 0.4) is 0 Å². The van der Waals surface area contributed by atoms with Crippen molar-refractivity contribution in [2.75, 3.05) is 0 Å². The normalized spacial score (nSPS) is 19.5. The van der Waals surface area contributed by atoms with Gasteiger partial charge in [0.25, 0.3) is 0 Å². The molecule has 11 rings (SSSR count). The van der Waals surface area contributed by atoms with Crippen molar-refractivity contribution in [1.82, 2.24) is 0 Å². The van der Waals surface area contributed by atoms with Gasteiger partial charge in [-0.05, 0) is 72.3 Å². The van der Waals surface area contributed by atoms with Crippen LogP contribution < -0.4 is 0 Å². The summed E-state index contributed by atoms with van der Waals surface area (Å²) in [5.74, 6) is -0.830. The monoisotopic (exact) mass is 594 g/mol. The average Bonchev–Trinajstić information content (AvgIpc) is 3.48. The summed E-state index contributed by atoms with van der Waals surface area (Å²) in [5, 5.41) is 20.5. The summed E-state index contributed by atoms with van der Waals surface area (Å²) in [6, 6.07) is 41.8. The van der Waals surface area contributed by atoms with E-state index >= 15 is 0 Å². The Bertz CT molecular complexity index is 2590. The number of fused-ring (bicyclic) bond motifs is 4. The van der Waals surface area contributed by atoms with Crippen molar-refractivity contribution in [2.24, 2.45) is 11.8 Å². The number of aliphatic hydroxyl groups excluding tert-OH is 1. The molecule has 3 aliphatic rings. The van der Waals surface area contributed by atoms with Crippen molar-refractivity contribution in [3.8, 4) is 22.3 Å². The zero-order valence-electron chi connectivity index (χ0n) is 24.2.